The average molecular weight is 649 g/mol. The number of likely N-dealkylation sites (tertiary alicyclic amines) is 1. The highest BCUT2D eigenvalue weighted by Crippen LogP contribution is 2.42. The van der Waals surface area contributed by atoms with Crippen molar-refractivity contribution in [3.8, 4) is 11.5 Å². The fourth-order valence-electron chi connectivity index (χ4n) is 4.81. The molecule has 0 radical (unpaired) electrons. The summed E-state index contributed by atoms with van der Waals surface area (Å²) < 4.78 is 19.7. The smallest absolute Gasteiger partial charge is 0.408 e. The number of carbonyl (C=O) groups is 2. The first kappa shape index (κ1) is 29.2. The molecule has 2 amide bonds. The molecule has 12 nitrogen and oxygen atoms in total. The lowest BCUT2D eigenvalue weighted by Gasteiger charge is -2.34. The number of hydrogen-bond acceptors (Lipinski definition) is 10. The van der Waals surface area contributed by atoms with Crippen molar-refractivity contribution in [3.05, 3.63) is 22.9 Å². The predicted octanol–water partition coefficient (Wildman–Crippen LogP) is 4.25. The van der Waals surface area contributed by atoms with Crippen LogP contribution in [0, 0.1) is 5.92 Å². The van der Waals surface area contributed by atoms with E-state index in [2.05, 4.69) is 35.8 Å². The molecule has 2 aliphatic heterocycles. The number of aromatic nitrogens is 4. The number of nitrogens with zero attached hydrogens (tertiary/aromatic N) is 5. The summed E-state index contributed by atoms with van der Waals surface area (Å²) in [5.74, 6) is 1.88. The number of nitrogens with one attached hydrogen (secondary N) is 1. The number of benzene rings is 1. The number of halogens is 1. The quantitative estimate of drug-likeness (QED) is 0.398. The Bertz CT molecular complexity index is 1450. The van der Waals surface area contributed by atoms with Crippen molar-refractivity contribution in [1.29, 1.82) is 0 Å². The standard InChI is InChI=1S/C27H34BrN7O5S/c1-15(32-26(37)40-27(2,3)4)24(36)34-7-5-16(6-8-34)13-35-23-21(22(29)30-14-31-23)33-25(35)41-20-12-19-18(11-17(20)28)38-9-10-39-19/h11-12,14-16H,5-10,13H2,1-4H3,(H,32,37)(H2,29,30,31)/t15-/m1/s1. The van der Waals surface area contributed by atoms with Crippen LogP contribution in [0.5, 0.6) is 11.5 Å². The number of hydrogen-bond donors (Lipinski definition) is 2. The lowest BCUT2D eigenvalue weighted by atomic mass is 9.96. The van der Waals surface area contributed by atoms with Crippen LogP contribution in [0.4, 0.5) is 10.6 Å². The fourth-order valence-corrected chi connectivity index (χ4v) is 6.30. The Morgan fingerprint density at radius 1 is 1.20 bits per heavy atom. The normalized spacial score (nSPS) is 16.5. The highest BCUT2D eigenvalue weighted by Gasteiger charge is 2.29. The van der Waals surface area contributed by atoms with E-state index in [1.165, 1.54) is 18.1 Å². The van der Waals surface area contributed by atoms with Gasteiger partial charge in [-0.2, -0.15) is 0 Å². The maximum Gasteiger partial charge on any atom is 0.408 e. The van der Waals surface area contributed by atoms with Gasteiger partial charge in [0.25, 0.3) is 0 Å². The van der Waals surface area contributed by atoms with Crippen molar-refractivity contribution < 1.29 is 23.8 Å². The number of imidazole rings is 1. The van der Waals surface area contributed by atoms with Crippen LogP contribution in [0.1, 0.15) is 40.5 Å². The lowest BCUT2D eigenvalue weighted by Crippen LogP contribution is -2.50. The van der Waals surface area contributed by atoms with E-state index in [1.807, 2.05) is 12.1 Å². The maximum atomic E-state index is 13.0. The minimum atomic E-state index is -0.675. The number of rotatable bonds is 6. The number of ether oxygens (including phenoxy) is 3. The third-order valence-corrected chi connectivity index (χ3v) is 8.76. The van der Waals surface area contributed by atoms with Gasteiger partial charge in [0.2, 0.25) is 5.91 Å². The first-order valence-electron chi connectivity index (χ1n) is 13.5. The van der Waals surface area contributed by atoms with Gasteiger partial charge in [0, 0.05) is 29.0 Å². The molecule has 41 heavy (non-hydrogen) atoms. The third kappa shape index (κ3) is 6.80. The van der Waals surface area contributed by atoms with Crippen molar-refractivity contribution >= 4 is 56.7 Å². The second kappa shape index (κ2) is 11.9. The van der Waals surface area contributed by atoms with Crippen molar-refractivity contribution in [2.24, 2.45) is 5.92 Å². The van der Waals surface area contributed by atoms with Crippen LogP contribution >= 0.6 is 27.7 Å². The summed E-state index contributed by atoms with van der Waals surface area (Å²) in [6.07, 6.45) is 2.44. The van der Waals surface area contributed by atoms with Gasteiger partial charge < -0.3 is 34.7 Å². The monoisotopic (exact) mass is 647 g/mol. The summed E-state index contributed by atoms with van der Waals surface area (Å²) in [6.45, 7) is 9.88. The summed E-state index contributed by atoms with van der Waals surface area (Å²) in [6, 6.07) is 3.17. The van der Waals surface area contributed by atoms with E-state index in [-0.39, 0.29) is 11.8 Å². The molecule has 1 saturated heterocycles. The molecule has 0 spiro atoms. The summed E-state index contributed by atoms with van der Waals surface area (Å²) >= 11 is 5.14. The molecule has 0 bridgehead atoms. The van der Waals surface area contributed by atoms with Gasteiger partial charge in [0.05, 0.1) is 0 Å². The van der Waals surface area contributed by atoms with Crippen molar-refractivity contribution in [2.45, 2.75) is 68.8 Å². The molecule has 14 heteroatoms. The van der Waals surface area contributed by atoms with Crippen LogP contribution in [-0.2, 0) is 16.1 Å². The lowest BCUT2D eigenvalue weighted by molar-refractivity contribution is -0.134. The maximum absolute atomic E-state index is 13.0. The number of alkyl carbamates (subject to hydrolysis) is 1. The summed E-state index contributed by atoms with van der Waals surface area (Å²) in [7, 11) is 0. The Morgan fingerprint density at radius 2 is 1.88 bits per heavy atom. The second-order valence-electron chi connectivity index (χ2n) is 11.1. The van der Waals surface area contributed by atoms with E-state index >= 15 is 0 Å². The fraction of sp³-hybridized carbons (Fsp3) is 0.519. The molecule has 2 aliphatic rings. The zero-order valence-corrected chi connectivity index (χ0v) is 25.9. The number of piperidine rings is 1. The van der Waals surface area contributed by atoms with Crippen LogP contribution in [0.2, 0.25) is 0 Å². The molecule has 3 aromatic rings. The number of anilines is 1. The Morgan fingerprint density at radius 3 is 2.56 bits per heavy atom. The highest BCUT2D eigenvalue weighted by atomic mass is 79.9. The van der Waals surface area contributed by atoms with Crippen LogP contribution < -0.4 is 20.5 Å². The Labute approximate surface area is 250 Å². The zero-order valence-electron chi connectivity index (χ0n) is 23.5. The molecular formula is C27H34BrN7O5S. The second-order valence-corrected chi connectivity index (χ2v) is 13.0. The number of amides is 2. The largest absolute Gasteiger partial charge is 0.486 e. The Balaban J connectivity index is 1.28. The first-order valence-corrected chi connectivity index (χ1v) is 15.1. The summed E-state index contributed by atoms with van der Waals surface area (Å²) in [4.78, 5) is 41.3. The number of nitrogen functional groups attached to an aromatic ring is 1. The molecular weight excluding hydrogens is 614 g/mol. The van der Waals surface area contributed by atoms with E-state index in [9.17, 15) is 9.59 Å². The van der Waals surface area contributed by atoms with Crippen molar-refractivity contribution in [1.82, 2.24) is 29.7 Å². The van der Waals surface area contributed by atoms with Gasteiger partial charge in [-0.05, 0) is 74.5 Å². The van der Waals surface area contributed by atoms with Gasteiger partial charge in [0.15, 0.2) is 33.6 Å². The number of fused-ring (bicyclic) bond motifs is 2. The molecule has 220 valence electrons. The van der Waals surface area contributed by atoms with Gasteiger partial charge in [0.1, 0.15) is 31.2 Å². The SMILES string of the molecule is C[C@@H](NC(=O)OC(C)(C)C)C(=O)N1CCC(Cn2c(Sc3cc4c(cc3Br)OCCO4)nc3c(N)ncnc32)CC1. The predicted molar refractivity (Wildman–Crippen MR) is 157 cm³/mol. The third-order valence-electron chi connectivity index (χ3n) is 6.79. The van der Waals surface area contributed by atoms with Crippen LogP contribution in [0.3, 0.4) is 0 Å². The molecule has 1 fully saturated rings. The van der Waals surface area contributed by atoms with Crippen LogP contribution in [0.15, 0.2) is 33.0 Å². The van der Waals surface area contributed by atoms with Crippen molar-refractivity contribution in [2.75, 3.05) is 32.0 Å². The molecule has 5 rings (SSSR count). The number of nitrogens with two attached hydrogens (primary N) is 1. The van der Waals surface area contributed by atoms with Gasteiger partial charge in [-0.1, -0.05) is 11.8 Å². The number of carbonyl (C=O) groups excluding carboxylic acids is 2. The Hall–Kier alpha value is -3.26. The highest BCUT2D eigenvalue weighted by molar-refractivity contribution is 9.10. The molecule has 4 heterocycles. The molecule has 3 N–H and O–H groups in total. The van der Waals surface area contributed by atoms with Gasteiger partial charge in [-0.25, -0.2) is 19.7 Å². The van der Waals surface area contributed by atoms with Crippen LogP contribution in [-0.4, -0.2) is 74.4 Å². The van der Waals surface area contributed by atoms with Crippen LogP contribution in [0.25, 0.3) is 11.2 Å². The van der Waals surface area contributed by atoms with Gasteiger partial charge >= 0.3 is 6.09 Å². The summed E-state index contributed by atoms with van der Waals surface area (Å²) in [5, 5.41) is 3.38. The van der Waals surface area contributed by atoms with E-state index in [0.29, 0.717) is 61.3 Å². The minimum Gasteiger partial charge on any atom is -0.486 e. The first-order chi connectivity index (χ1) is 19.5. The van der Waals surface area contributed by atoms with E-state index in [0.717, 1.165) is 27.4 Å². The van der Waals surface area contributed by atoms with E-state index in [1.54, 1.807) is 32.6 Å². The van der Waals surface area contributed by atoms with E-state index in [4.69, 9.17) is 24.9 Å². The molecule has 2 aromatic heterocycles. The molecule has 0 unspecified atom stereocenters. The Kier molecular flexibility index (Phi) is 8.50. The topological polar surface area (TPSA) is 147 Å². The molecule has 0 saturated carbocycles. The van der Waals surface area contributed by atoms with Crippen molar-refractivity contribution in [3.63, 3.8) is 0 Å². The molecule has 0 aliphatic carbocycles. The molecule has 1 aromatic carbocycles. The van der Waals surface area contributed by atoms with Gasteiger partial charge in [-0.15, -0.1) is 0 Å². The minimum absolute atomic E-state index is 0.123. The summed E-state index contributed by atoms with van der Waals surface area (Å²) in [5.41, 5.74) is 6.76. The van der Waals surface area contributed by atoms with Gasteiger partial charge in [-0.3, -0.25) is 4.79 Å². The average Bonchev–Trinajstić information content (AvgIpc) is 3.26. The van der Waals surface area contributed by atoms with E-state index < -0.39 is 17.7 Å². The molecule has 1 atom stereocenters. The zero-order chi connectivity index (χ0) is 29.3.